The van der Waals surface area contributed by atoms with Crippen LogP contribution >= 0.6 is 0 Å². The van der Waals surface area contributed by atoms with E-state index in [4.69, 9.17) is 5.73 Å². The van der Waals surface area contributed by atoms with Crippen LogP contribution in [0.15, 0.2) is 59.8 Å². The van der Waals surface area contributed by atoms with Gasteiger partial charge >= 0.3 is 6.18 Å². The third kappa shape index (κ3) is 3.34. The normalized spacial score (nSPS) is 12.8. The molecule has 154 valence electrons. The summed E-state index contributed by atoms with van der Waals surface area (Å²) in [6.45, 7) is 1.58. The van der Waals surface area contributed by atoms with Crippen LogP contribution in [0.5, 0.6) is 0 Å². The van der Waals surface area contributed by atoms with E-state index in [1.54, 1.807) is 55.6 Å². The summed E-state index contributed by atoms with van der Waals surface area (Å²) in [7, 11) is 0. The van der Waals surface area contributed by atoms with Gasteiger partial charge in [-0.1, -0.05) is 18.2 Å². The van der Waals surface area contributed by atoms with E-state index in [2.05, 4.69) is 20.4 Å². The van der Waals surface area contributed by atoms with Gasteiger partial charge in [0.25, 0.3) is 5.56 Å². The van der Waals surface area contributed by atoms with Gasteiger partial charge in [0.2, 0.25) is 0 Å². The molecule has 0 bridgehead atoms. The zero-order chi connectivity index (χ0) is 21.5. The minimum absolute atomic E-state index is 0.195. The Morgan fingerprint density at radius 3 is 2.53 bits per heavy atom. The van der Waals surface area contributed by atoms with Gasteiger partial charge in [0.15, 0.2) is 5.82 Å². The molecule has 3 N–H and O–H groups in total. The zero-order valence-corrected chi connectivity index (χ0v) is 15.6. The highest BCUT2D eigenvalue weighted by Gasteiger charge is 2.38. The maximum atomic E-state index is 13.5. The molecular weight excluding hydrogens is 399 g/mol. The number of rotatable bonds is 4. The van der Waals surface area contributed by atoms with Gasteiger partial charge < -0.3 is 11.1 Å². The van der Waals surface area contributed by atoms with E-state index < -0.39 is 29.4 Å². The molecule has 3 aromatic heterocycles. The Hall–Kier alpha value is -3.89. The summed E-state index contributed by atoms with van der Waals surface area (Å²) in [6.07, 6.45) is -2.23. The van der Waals surface area contributed by atoms with E-state index in [-0.39, 0.29) is 11.4 Å². The number of halogens is 3. The number of anilines is 2. The summed E-state index contributed by atoms with van der Waals surface area (Å²) in [5.74, 6) is -0.995. The van der Waals surface area contributed by atoms with Gasteiger partial charge in [-0.3, -0.25) is 9.36 Å². The van der Waals surface area contributed by atoms with Crippen molar-refractivity contribution in [3.8, 4) is 5.69 Å². The van der Waals surface area contributed by atoms with Crippen molar-refractivity contribution in [1.82, 2.24) is 24.1 Å². The number of alkyl halides is 3. The second-order valence-electron chi connectivity index (χ2n) is 6.52. The van der Waals surface area contributed by atoms with Gasteiger partial charge in [0.05, 0.1) is 11.7 Å². The molecule has 4 rings (SSSR count). The molecule has 30 heavy (non-hydrogen) atoms. The summed E-state index contributed by atoms with van der Waals surface area (Å²) < 4.78 is 43.1. The second kappa shape index (κ2) is 7.17. The Bertz CT molecular complexity index is 1260. The van der Waals surface area contributed by atoms with Gasteiger partial charge in [-0.05, 0) is 31.2 Å². The van der Waals surface area contributed by atoms with Crippen LogP contribution in [0.2, 0.25) is 0 Å². The molecule has 1 aromatic carbocycles. The molecule has 0 radical (unpaired) electrons. The van der Waals surface area contributed by atoms with Crippen molar-refractivity contribution in [3.63, 3.8) is 0 Å². The minimum Gasteiger partial charge on any atom is -0.383 e. The van der Waals surface area contributed by atoms with Crippen LogP contribution in [0.3, 0.4) is 0 Å². The van der Waals surface area contributed by atoms with Crippen LogP contribution in [0.25, 0.3) is 11.2 Å². The number of nitrogen functional groups attached to an aromatic ring is 1. The number of fused-ring (bicyclic) bond motifs is 1. The fourth-order valence-corrected chi connectivity index (χ4v) is 3.17. The fraction of sp³-hybridized carbons (Fsp3) is 0.158. The topological polar surface area (TPSA) is 103 Å². The van der Waals surface area contributed by atoms with Crippen molar-refractivity contribution in [2.45, 2.75) is 19.1 Å². The van der Waals surface area contributed by atoms with Crippen molar-refractivity contribution in [3.05, 3.63) is 76.7 Å². The van der Waals surface area contributed by atoms with Crippen LogP contribution < -0.4 is 16.6 Å². The highest BCUT2D eigenvalue weighted by Crippen LogP contribution is 2.37. The molecular formula is C19H16F3N7O. The highest BCUT2D eigenvalue weighted by atomic mass is 19.4. The first-order valence-corrected chi connectivity index (χ1v) is 8.87. The molecule has 0 saturated carbocycles. The molecule has 0 spiro atoms. The molecule has 0 aliphatic rings. The summed E-state index contributed by atoms with van der Waals surface area (Å²) in [5, 5.41) is 7.13. The van der Waals surface area contributed by atoms with Crippen molar-refractivity contribution in [2.75, 3.05) is 11.1 Å². The van der Waals surface area contributed by atoms with Crippen LogP contribution in [0.4, 0.5) is 24.8 Å². The van der Waals surface area contributed by atoms with Crippen molar-refractivity contribution >= 4 is 17.2 Å². The highest BCUT2D eigenvalue weighted by molar-refractivity contribution is 5.57. The zero-order valence-electron chi connectivity index (χ0n) is 15.6. The number of nitrogens with one attached hydrogen (secondary N) is 1. The molecule has 0 amide bonds. The standard InChI is InChI=1S/C19H16F3N7O/c1-11(26-16-14(19(20,21)22)15(23)24-10-25-16)17-27-28-9-5-8-13(28)18(30)29(17)12-6-3-2-4-7-12/h2-11H,1H3,(H3,23,24,25,26)/t11-/m0/s1. The molecule has 3 heterocycles. The Kier molecular flexibility index (Phi) is 4.65. The predicted octanol–water partition coefficient (Wildman–Crippen LogP) is 3.05. The number of nitrogens with zero attached hydrogens (tertiary/aromatic N) is 5. The summed E-state index contributed by atoms with van der Waals surface area (Å²) in [4.78, 5) is 20.2. The quantitative estimate of drug-likeness (QED) is 0.531. The Morgan fingerprint density at radius 2 is 1.83 bits per heavy atom. The lowest BCUT2D eigenvalue weighted by molar-refractivity contribution is -0.136. The largest absolute Gasteiger partial charge is 0.423 e. The monoisotopic (exact) mass is 415 g/mol. The van der Waals surface area contributed by atoms with Crippen molar-refractivity contribution in [2.24, 2.45) is 0 Å². The summed E-state index contributed by atoms with van der Waals surface area (Å²) in [5.41, 5.74) is 4.77. The number of nitrogens with two attached hydrogens (primary N) is 1. The molecule has 0 unspecified atom stereocenters. The number of hydrogen-bond donors (Lipinski definition) is 2. The average Bonchev–Trinajstić information content (AvgIpc) is 3.16. The van der Waals surface area contributed by atoms with E-state index in [9.17, 15) is 18.0 Å². The number of hydrogen-bond acceptors (Lipinski definition) is 6. The van der Waals surface area contributed by atoms with Gasteiger partial charge in [-0.25, -0.2) is 14.5 Å². The first-order valence-electron chi connectivity index (χ1n) is 8.87. The minimum atomic E-state index is -4.76. The third-order valence-corrected chi connectivity index (χ3v) is 4.50. The van der Waals surface area contributed by atoms with Crippen molar-refractivity contribution < 1.29 is 13.2 Å². The van der Waals surface area contributed by atoms with Crippen LogP contribution in [-0.4, -0.2) is 24.1 Å². The van der Waals surface area contributed by atoms with E-state index in [0.29, 0.717) is 11.2 Å². The molecule has 0 saturated heterocycles. The first-order chi connectivity index (χ1) is 14.3. The average molecular weight is 415 g/mol. The number of para-hydroxylation sites is 1. The number of benzene rings is 1. The molecule has 0 fully saturated rings. The summed E-state index contributed by atoms with van der Waals surface area (Å²) >= 11 is 0. The Morgan fingerprint density at radius 1 is 1.10 bits per heavy atom. The van der Waals surface area contributed by atoms with Gasteiger partial charge in [0, 0.05) is 6.20 Å². The van der Waals surface area contributed by atoms with E-state index in [1.165, 1.54) is 9.08 Å². The molecule has 8 nitrogen and oxygen atoms in total. The molecule has 4 aromatic rings. The lowest BCUT2D eigenvalue weighted by atomic mass is 10.2. The van der Waals surface area contributed by atoms with Crippen LogP contribution in [0.1, 0.15) is 24.4 Å². The van der Waals surface area contributed by atoms with E-state index >= 15 is 0 Å². The third-order valence-electron chi connectivity index (χ3n) is 4.50. The molecule has 11 heteroatoms. The predicted molar refractivity (Wildman–Crippen MR) is 104 cm³/mol. The molecule has 0 aliphatic carbocycles. The second-order valence-corrected chi connectivity index (χ2v) is 6.52. The lowest BCUT2D eigenvalue weighted by Gasteiger charge is -2.21. The van der Waals surface area contributed by atoms with Gasteiger partial charge in [-0.2, -0.15) is 18.3 Å². The Labute approximate surface area is 167 Å². The maximum Gasteiger partial charge on any atom is 0.423 e. The van der Waals surface area contributed by atoms with Gasteiger partial charge in [0.1, 0.15) is 29.0 Å². The SMILES string of the molecule is C[C@H](Nc1ncnc(N)c1C(F)(F)F)c1nn2cccc2c(=O)n1-c1ccccc1. The van der Waals surface area contributed by atoms with Gasteiger partial charge in [-0.15, -0.1) is 0 Å². The smallest absolute Gasteiger partial charge is 0.383 e. The maximum absolute atomic E-state index is 13.5. The van der Waals surface area contributed by atoms with E-state index in [0.717, 1.165) is 6.33 Å². The van der Waals surface area contributed by atoms with Crippen molar-refractivity contribution in [1.29, 1.82) is 0 Å². The first kappa shape index (κ1) is 19.4. The summed E-state index contributed by atoms with van der Waals surface area (Å²) in [6, 6.07) is 11.2. The van der Waals surface area contributed by atoms with Crippen LogP contribution in [-0.2, 0) is 6.18 Å². The fourth-order valence-electron chi connectivity index (χ4n) is 3.17. The Balaban J connectivity index is 1.87. The molecule has 0 aliphatic heterocycles. The van der Waals surface area contributed by atoms with Crippen LogP contribution in [0, 0.1) is 0 Å². The lowest BCUT2D eigenvalue weighted by Crippen LogP contribution is -2.29. The number of aromatic nitrogens is 5. The van der Waals surface area contributed by atoms with E-state index in [1.807, 2.05) is 0 Å². The molecule has 1 atom stereocenters.